The van der Waals surface area contributed by atoms with Crippen LogP contribution in [0.1, 0.15) is 71.3 Å². The van der Waals surface area contributed by atoms with Crippen molar-refractivity contribution in [3.8, 4) is 5.75 Å². The van der Waals surface area contributed by atoms with E-state index in [9.17, 15) is 14.0 Å². The van der Waals surface area contributed by atoms with Crippen molar-refractivity contribution >= 4 is 11.8 Å². The first kappa shape index (κ1) is 22.1. The first-order chi connectivity index (χ1) is 14.5. The quantitative estimate of drug-likeness (QED) is 0.735. The van der Waals surface area contributed by atoms with Gasteiger partial charge in [0.15, 0.2) is 11.6 Å². The van der Waals surface area contributed by atoms with Crippen LogP contribution in [0, 0.1) is 16.6 Å². The van der Waals surface area contributed by atoms with E-state index < -0.39 is 11.4 Å². The van der Waals surface area contributed by atoms with Crippen LogP contribution in [0.4, 0.5) is 4.39 Å². The van der Waals surface area contributed by atoms with E-state index in [1.807, 2.05) is 0 Å². The topological polar surface area (TPSA) is 58.6 Å². The van der Waals surface area contributed by atoms with E-state index in [-0.39, 0.29) is 28.4 Å². The van der Waals surface area contributed by atoms with Crippen LogP contribution in [-0.2, 0) is 16.0 Å². The molecule has 1 aromatic rings. The molecule has 3 fully saturated rings. The number of methoxy groups -OCH3 is 1. The van der Waals surface area contributed by atoms with Crippen LogP contribution < -0.4 is 10.1 Å². The van der Waals surface area contributed by atoms with Crippen molar-refractivity contribution in [1.29, 1.82) is 0 Å². The molecule has 170 valence electrons. The Morgan fingerprint density at radius 3 is 2.74 bits per heavy atom. The molecule has 4 rings (SSSR count). The third kappa shape index (κ3) is 4.58. The van der Waals surface area contributed by atoms with E-state index in [4.69, 9.17) is 4.74 Å². The van der Waals surface area contributed by atoms with Gasteiger partial charge in [0.25, 0.3) is 0 Å². The molecule has 3 unspecified atom stereocenters. The third-order valence-corrected chi connectivity index (χ3v) is 7.55. The number of hydrogen-bond donors (Lipinski definition) is 1. The molecule has 0 radical (unpaired) electrons. The summed E-state index contributed by atoms with van der Waals surface area (Å²) >= 11 is 0. The van der Waals surface area contributed by atoms with Crippen molar-refractivity contribution < 1.29 is 18.7 Å². The number of carbonyl (C=O) groups is 2. The Balaban J connectivity index is 1.46. The highest BCUT2D eigenvalue weighted by Gasteiger charge is 2.51. The van der Waals surface area contributed by atoms with Crippen molar-refractivity contribution in [2.75, 3.05) is 13.7 Å². The van der Waals surface area contributed by atoms with Crippen LogP contribution in [-0.4, -0.2) is 41.9 Å². The van der Waals surface area contributed by atoms with Crippen LogP contribution in [0.15, 0.2) is 18.2 Å². The van der Waals surface area contributed by atoms with Crippen LogP contribution in [0.2, 0.25) is 0 Å². The van der Waals surface area contributed by atoms with Gasteiger partial charge in [0.2, 0.25) is 11.8 Å². The molecule has 1 saturated carbocycles. The molecule has 6 heteroatoms. The summed E-state index contributed by atoms with van der Waals surface area (Å²) in [7, 11) is 1.45. The van der Waals surface area contributed by atoms with Gasteiger partial charge in [-0.15, -0.1) is 0 Å². The second-order valence-corrected chi connectivity index (χ2v) is 11.2. The number of amides is 2. The summed E-state index contributed by atoms with van der Waals surface area (Å²) in [4.78, 5) is 27.5. The Morgan fingerprint density at radius 1 is 1.29 bits per heavy atom. The number of carbonyl (C=O) groups excluding carboxylic acids is 2. The summed E-state index contributed by atoms with van der Waals surface area (Å²) in [5.41, 5.74) is 0.924. The molecule has 1 aromatic carbocycles. The Labute approximate surface area is 184 Å². The summed E-state index contributed by atoms with van der Waals surface area (Å²) in [6, 6.07) is 5.15. The fourth-order valence-corrected chi connectivity index (χ4v) is 6.63. The number of rotatable bonds is 6. The second kappa shape index (κ2) is 7.79. The van der Waals surface area contributed by atoms with Gasteiger partial charge in [0, 0.05) is 31.0 Å². The Kier molecular flexibility index (Phi) is 5.55. The van der Waals surface area contributed by atoms with Crippen LogP contribution in [0.5, 0.6) is 5.75 Å². The van der Waals surface area contributed by atoms with Gasteiger partial charge in [0.1, 0.15) is 0 Å². The lowest BCUT2D eigenvalue weighted by molar-refractivity contribution is -0.133. The van der Waals surface area contributed by atoms with E-state index in [1.165, 1.54) is 13.2 Å². The molecular formula is C25H35FN2O3. The molecule has 31 heavy (non-hydrogen) atoms. The first-order valence-electron chi connectivity index (χ1n) is 11.5. The highest BCUT2D eigenvalue weighted by atomic mass is 19.1. The fourth-order valence-electron chi connectivity index (χ4n) is 6.63. The number of nitrogens with zero attached hydrogens (tertiary/aromatic N) is 1. The summed E-state index contributed by atoms with van der Waals surface area (Å²) in [6.45, 7) is 7.78. The van der Waals surface area contributed by atoms with Gasteiger partial charge >= 0.3 is 0 Å². The van der Waals surface area contributed by atoms with E-state index in [2.05, 4.69) is 31.0 Å². The second-order valence-electron chi connectivity index (χ2n) is 11.2. The van der Waals surface area contributed by atoms with Gasteiger partial charge in [-0.05, 0) is 67.1 Å². The van der Waals surface area contributed by atoms with Gasteiger partial charge in [-0.3, -0.25) is 9.59 Å². The first-order valence-corrected chi connectivity index (χ1v) is 11.5. The normalized spacial score (nSPS) is 31.6. The third-order valence-electron chi connectivity index (χ3n) is 7.55. The molecule has 5 nitrogen and oxygen atoms in total. The molecule has 1 aliphatic carbocycles. The number of nitrogens with one attached hydrogen (secondary N) is 1. The fraction of sp³-hybridized carbons (Fsp3) is 0.680. The highest BCUT2D eigenvalue weighted by Crippen LogP contribution is 2.52. The molecule has 1 N–H and O–H groups in total. The Hall–Kier alpha value is -2.11. The lowest BCUT2D eigenvalue weighted by Gasteiger charge is -2.39. The maximum atomic E-state index is 13.8. The number of likely N-dealkylation sites (tertiary alicyclic amines) is 1. The van der Waals surface area contributed by atoms with E-state index in [0.29, 0.717) is 38.1 Å². The molecule has 3 atom stereocenters. The maximum Gasteiger partial charge on any atom is 0.222 e. The summed E-state index contributed by atoms with van der Waals surface area (Å²) in [5, 5.41) is 3.14. The van der Waals surface area contributed by atoms with Gasteiger partial charge in [0.05, 0.1) is 7.11 Å². The molecule has 3 aliphatic rings. The maximum absolute atomic E-state index is 13.8. The number of ether oxygens (including phenoxy) is 1. The van der Waals surface area contributed by atoms with Crippen molar-refractivity contribution in [3.63, 3.8) is 0 Å². The van der Waals surface area contributed by atoms with Gasteiger partial charge in [-0.1, -0.05) is 26.8 Å². The summed E-state index contributed by atoms with van der Waals surface area (Å²) in [6.07, 6.45) is 6.05. The molecule has 2 aliphatic heterocycles. The minimum atomic E-state index is -0.465. The van der Waals surface area contributed by atoms with E-state index in [0.717, 1.165) is 31.4 Å². The molecule has 2 amide bonds. The lowest BCUT2D eigenvalue weighted by Crippen LogP contribution is -2.45. The smallest absolute Gasteiger partial charge is 0.222 e. The number of benzene rings is 1. The number of halogens is 1. The van der Waals surface area contributed by atoms with E-state index in [1.54, 1.807) is 12.1 Å². The predicted molar refractivity (Wildman–Crippen MR) is 117 cm³/mol. The van der Waals surface area contributed by atoms with Gasteiger partial charge in [-0.25, -0.2) is 4.39 Å². The largest absolute Gasteiger partial charge is 0.494 e. The Bertz CT molecular complexity index is 886. The summed E-state index contributed by atoms with van der Waals surface area (Å²) in [5.74, 6) is 0.0206. The molecule has 2 heterocycles. The number of hydrogen-bond acceptors (Lipinski definition) is 3. The van der Waals surface area contributed by atoms with E-state index >= 15 is 0 Å². The SMILES string of the molecule is COc1cc(CC2(CCC(=O)N3CC4(C)CC3CC(C)(C)C4)CCC(=O)N2)ccc1F. The molecular weight excluding hydrogens is 395 g/mol. The molecule has 0 aromatic heterocycles. The minimum Gasteiger partial charge on any atom is -0.494 e. The average molecular weight is 431 g/mol. The van der Waals surface area contributed by atoms with Crippen molar-refractivity contribution in [2.45, 2.75) is 83.7 Å². The van der Waals surface area contributed by atoms with Crippen LogP contribution in [0.3, 0.4) is 0 Å². The zero-order valence-electron chi connectivity index (χ0n) is 19.2. The minimum absolute atomic E-state index is 0.0211. The Morgan fingerprint density at radius 2 is 2.06 bits per heavy atom. The van der Waals surface area contributed by atoms with Crippen molar-refractivity contribution in [3.05, 3.63) is 29.6 Å². The van der Waals surface area contributed by atoms with Gasteiger partial charge in [-0.2, -0.15) is 0 Å². The molecule has 2 saturated heterocycles. The molecule has 0 spiro atoms. The summed E-state index contributed by atoms with van der Waals surface area (Å²) < 4.78 is 18.9. The average Bonchev–Trinajstić information content (AvgIpc) is 3.17. The van der Waals surface area contributed by atoms with Crippen molar-refractivity contribution in [1.82, 2.24) is 10.2 Å². The van der Waals surface area contributed by atoms with Crippen molar-refractivity contribution in [2.24, 2.45) is 10.8 Å². The van der Waals surface area contributed by atoms with Gasteiger partial charge < -0.3 is 15.0 Å². The highest BCUT2D eigenvalue weighted by molar-refractivity contribution is 5.80. The predicted octanol–water partition coefficient (Wildman–Crippen LogP) is 4.23. The molecule has 2 bridgehead atoms. The number of fused-ring (bicyclic) bond motifs is 2. The van der Waals surface area contributed by atoms with Crippen LogP contribution >= 0.6 is 0 Å². The lowest BCUT2D eigenvalue weighted by atomic mass is 9.65. The zero-order chi connectivity index (χ0) is 22.4. The monoisotopic (exact) mass is 430 g/mol. The van der Waals surface area contributed by atoms with Crippen LogP contribution in [0.25, 0.3) is 0 Å². The standard InChI is InChI=1S/C25H35FN2O3/c1-23(2)13-18-14-24(3,15-23)16-28(18)22(30)8-10-25(9-7-21(29)27-25)12-17-5-6-19(26)20(11-17)31-4/h5-6,11,18H,7-10,12-16H2,1-4H3,(H,27,29). The zero-order valence-corrected chi connectivity index (χ0v) is 19.2.